The van der Waals surface area contributed by atoms with Crippen LogP contribution in [-0.2, 0) is 34.3 Å². The number of piperidine rings is 2. The maximum absolute atomic E-state index is 14.3. The summed E-state index contributed by atoms with van der Waals surface area (Å²) in [6.07, 6.45) is -13.6. The van der Waals surface area contributed by atoms with E-state index in [1.54, 1.807) is 24.0 Å². The fourth-order valence-corrected chi connectivity index (χ4v) is 11.0. The highest BCUT2D eigenvalue weighted by Gasteiger charge is 2.50. The van der Waals surface area contributed by atoms with Crippen molar-refractivity contribution in [3.8, 4) is 23.0 Å². The number of carboxylic acids is 1. The van der Waals surface area contributed by atoms with Gasteiger partial charge in [-0.15, -0.1) is 12.4 Å². The molecule has 30 heteroatoms. The molecule has 6 heterocycles. The molecule has 10 rings (SSSR count). The van der Waals surface area contributed by atoms with Gasteiger partial charge in [0.15, 0.2) is 5.60 Å². The van der Waals surface area contributed by atoms with Crippen molar-refractivity contribution in [1.29, 1.82) is 0 Å². The number of alkyl halides is 12. The van der Waals surface area contributed by atoms with Crippen molar-refractivity contribution in [2.45, 2.75) is 61.6 Å². The van der Waals surface area contributed by atoms with E-state index in [9.17, 15) is 71.9 Å². The van der Waals surface area contributed by atoms with E-state index in [-0.39, 0.29) is 62.3 Å². The maximum Gasteiger partial charge on any atom is 0.417 e. The number of hydrogen-bond donors (Lipinski definition) is 2. The Hall–Kier alpha value is -8.73. The maximum atomic E-state index is 14.3. The molecule has 0 aliphatic carbocycles. The minimum atomic E-state index is -4.82. The number of hydrogen-bond acceptors (Lipinski definition) is 13. The number of para-hydroxylation sites is 4. The number of nitrogens with zero attached hydrogens (tertiary/aromatic N) is 7. The first-order chi connectivity index (χ1) is 43.1. The van der Waals surface area contributed by atoms with E-state index < -0.39 is 93.6 Å². The number of piperazine rings is 2. The number of anilines is 2. The molecule has 4 aliphatic heterocycles. The van der Waals surface area contributed by atoms with Gasteiger partial charge < -0.3 is 53.9 Å². The van der Waals surface area contributed by atoms with E-state index in [0.29, 0.717) is 76.3 Å². The number of aromatic carboxylic acids is 1. The largest absolute Gasteiger partial charge is 0.495 e. The normalized spacial score (nSPS) is 18.8. The Bertz CT molecular complexity index is 3470. The second kappa shape index (κ2) is 29.7. The molecule has 0 bridgehead atoms. The molecule has 2 atom stereocenters. The first-order valence-electron chi connectivity index (χ1n) is 28.4. The first-order valence-corrected chi connectivity index (χ1v) is 28.4. The van der Waals surface area contributed by atoms with Crippen molar-refractivity contribution in [3.05, 3.63) is 167 Å². The highest BCUT2D eigenvalue weighted by molar-refractivity contribution is 5.97. The molecule has 496 valence electrons. The van der Waals surface area contributed by atoms with Crippen molar-refractivity contribution in [2.75, 3.05) is 103 Å². The molecule has 0 saturated carbocycles. The molecule has 0 spiro atoms. The van der Waals surface area contributed by atoms with Crippen LogP contribution in [0.3, 0.4) is 0 Å². The molecule has 2 aromatic heterocycles. The number of pyridine rings is 2. The van der Waals surface area contributed by atoms with Gasteiger partial charge in [0.2, 0.25) is 5.60 Å². The van der Waals surface area contributed by atoms with Gasteiger partial charge >= 0.3 is 30.7 Å². The Morgan fingerprint density at radius 3 is 1.32 bits per heavy atom. The van der Waals surface area contributed by atoms with Crippen LogP contribution in [0.4, 0.5) is 64.1 Å². The van der Waals surface area contributed by atoms with E-state index in [1.165, 1.54) is 12.1 Å². The van der Waals surface area contributed by atoms with Crippen molar-refractivity contribution >= 4 is 47.5 Å². The number of carbonyl (C=O) groups is 4. The number of likely N-dealkylation sites (tertiary alicyclic amines) is 1. The van der Waals surface area contributed by atoms with E-state index in [0.717, 1.165) is 90.0 Å². The Kier molecular flexibility index (Phi) is 22.8. The second-order valence-electron chi connectivity index (χ2n) is 21.4. The summed E-state index contributed by atoms with van der Waals surface area (Å²) in [4.78, 5) is 67.4. The Balaban J connectivity index is 0.000000223. The van der Waals surface area contributed by atoms with Crippen LogP contribution >= 0.6 is 12.4 Å². The van der Waals surface area contributed by atoms with Gasteiger partial charge in [0, 0.05) is 90.2 Å². The lowest BCUT2D eigenvalue weighted by atomic mass is 9.89. The van der Waals surface area contributed by atoms with Gasteiger partial charge in [-0.3, -0.25) is 24.4 Å². The van der Waals surface area contributed by atoms with Crippen LogP contribution in [0.5, 0.6) is 23.0 Å². The molecule has 92 heavy (non-hydrogen) atoms. The van der Waals surface area contributed by atoms with E-state index in [1.807, 2.05) is 53.4 Å². The molecule has 4 fully saturated rings. The average molecular weight is 1330 g/mol. The molecule has 2 unspecified atom stereocenters. The number of methoxy groups -OCH3 is 2. The summed E-state index contributed by atoms with van der Waals surface area (Å²) in [5, 5.41) is 11.6. The molecule has 4 aromatic carbocycles. The number of aromatic nitrogens is 2. The van der Waals surface area contributed by atoms with Gasteiger partial charge in [0.1, 0.15) is 23.0 Å². The number of rotatable bonds is 12. The van der Waals surface area contributed by atoms with Crippen molar-refractivity contribution in [2.24, 2.45) is 0 Å². The molecule has 0 radical (unpaired) electrons. The minimum absolute atomic E-state index is 0. The lowest BCUT2D eigenvalue weighted by Gasteiger charge is -2.45. The standard InChI is InChI=1S/C31H30F6N4O4.C24H28F3N3O3.C7H4F3NO2.ClH/c1-44-26-6-3-2-5-25(26)39-15-17-40(18-16-39)28(43)29(45-22-9-7-21(8-10-22)30(32,33)34)12-4-14-41(20-29)27(42)23-19-38-13-11-24(23)31(35,36)37;1-32-21-6-3-2-5-20(21)29-13-15-30(16-14-29)22(31)23(11-4-12-28-17-23)33-19-9-7-18(8-10-19)24(25,26)27;8-7(9,10)5-1-2-11-3-4(5)6(12)13;/h2-3,5-11,13,19H,4,12,14-18,20H2,1H3;2-3,5-10,28H,4,11-17H2,1H3;1-3H,(H,12,13);1H. The number of nitrogens with one attached hydrogen (secondary N) is 1. The number of halogens is 13. The molecular weight excluding hydrogens is 1260 g/mol. The lowest BCUT2D eigenvalue weighted by molar-refractivity contribution is -0.153. The zero-order valence-electron chi connectivity index (χ0n) is 49.3. The molecule has 2 N–H and O–H groups in total. The highest BCUT2D eigenvalue weighted by atomic mass is 35.5. The van der Waals surface area contributed by atoms with Crippen molar-refractivity contribution in [1.82, 2.24) is 30.0 Å². The van der Waals surface area contributed by atoms with Crippen LogP contribution in [0.25, 0.3) is 0 Å². The summed E-state index contributed by atoms with van der Waals surface area (Å²) in [5.74, 6) is -1.60. The zero-order chi connectivity index (χ0) is 65.9. The van der Waals surface area contributed by atoms with Gasteiger partial charge in [0.25, 0.3) is 17.7 Å². The highest BCUT2D eigenvalue weighted by Crippen LogP contribution is 2.39. The van der Waals surface area contributed by atoms with Crippen LogP contribution in [0.2, 0.25) is 0 Å². The summed E-state index contributed by atoms with van der Waals surface area (Å²) < 4.78 is 179. The topological polar surface area (TPSA) is 179 Å². The predicted molar refractivity (Wildman–Crippen MR) is 313 cm³/mol. The van der Waals surface area contributed by atoms with Gasteiger partial charge in [-0.1, -0.05) is 24.3 Å². The predicted octanol–water partition coefficient (Wildman–Crippen LogP) is 11.3. The molecule has 17 nitrogen and oxygen atoms in total. The molecule has 6 aromatic rings. The van der Waals surface area contributed by atoms with E-state index >= 15 is 0 Å². The fraction of sp³-hybridized carbons (Fsp3) is 0.387. The number of ether oxygens (including phenoxy) is 4. The quantitative estimate of drug-likeness (QED) is 0.111. The summed E-state index contributed by atoms with van der Waals surface area (Å²) in [6.45, 7) is 4.42. The Morgan fingerprint density at radius 2 is 0.913 bits per heavy atom. The first kappa shape index (κ1) is 70.7. The van der Waals surface area contributed by atoms with Crippen LogP contribution in [0, 0.1) is 0 Å². The summed E-state index contributed by atoms with van der Waals surface area (Å²) in [7, 11) is 3.19. The monoisotopic (exact) mass is 1330 g/mol. The second-order valence-corrected chi connectivity index (χ2v) is 21.4. The van der Waals surface area contributed by atoms with Crippen LogP contribution in [0.15, 0.2) is 134 Å². The third kappa shape index (κ3) is 17.0. The summed E-state index contributed by atoms with van der Waals surface area (Å²) in [5.41, 5.74) is -6.59. The van der Waals surface area contributed by atoms with Gasteiger partial charge in [-0.25, -0.2) is 4.79 Å². The van der Waals surface area contributed by atoms with Gasteiger partial charge in [-0.05, 0) is 117 Å². The smallest absolute Gasteiger partial charge is 0.417 e. The van der Waals surface area contributed by atoms with Crippen molar-refractivity contribution in [3.63, 3.8) is 0 Å². The third-order valence-electron chi connectivity index (χ3n) is 15.6. The van der Waals surface area contributed by atoms with Crippen LogP contribution in [-0.4, -0.2) is 157 Å². The third-order valence-corrected chi connectivity index (χ3v) is 15.6. The van der Waals surface area contributed by atoms with Crippen LogP contribution in [0.1, 0.15) is 68.7 Å². The summed E-state index contributed by atoms with van der Waals surface area (Å²) >= 11 is 0. The Labute approximate surface area is 526 Å². The zero-order valence-corrected chi connectivity index (χ0v) is 50.1. The SMILES string of the molecule is COc1ccccc1N1CCN(C(=O)C2(Oc3ccc(C(F)(F)F)cc3)CCCN(C(=O)c3cnccc3C(F)(F)F)C2)CC1.COc1ccccc1N1CCN(C(=O)C2(Oc3ccc(C(F)(F)F)cc3)CCCNC2)CC1.Cl.O=C(O)c1cnccc1C(F)(F)F. The van der Waals surface area contributed by atoms with Gasteiger partial charge in [0.05, 0.1) is 65.5 Å². The molecule has 3 amide bonds. The van der Waals surface area contributed by atoms with Crippen molar-refractivity contribution < 1.29 is 95.9 Å². The molecular formula is C62H63ClF12N8O9. The van der Waals surface area contributed by atoms with Crippen LogP contribution < -0.4 is 34.1 Å². The Morgan fingerprint density at radius 1 is 0.500 bits per heavy atom. The molecule has 4 aliphatic rings. The minimum Gasteiger partial charge on any atom is -0.495 e. The number of amides is 3. The molecule has 4 saturated heterocycles. The number of benzene rings is 4. The lowest BCUT2D eigenvalue weighted by Crippen LogP contribution is -2.64. The average Bonchev–Trinajstić information content (AvgIpc) is 1.13. The van der Waals surface area contributed by atoms with Gasteiger partial charge in [-0.2, -0.15) is 52.7 Å². The number of carboxylic acid groups (broad SMARTS) is 1. The summed E-state index contributed by atoms with van der Waals surface area (Å²) in [6, 6.07) is 24.9. The van der Waals surface area contributed by atoms with E-state index in [4.69, 9.17) is 24.1 Å². The van der Waals surface area contributed by atoms with E-state index in [2.05, 4.69) is 20.2 Å². The fourth-order valence-electron chi connectivity index (χ4n) is 11.0. The number of carbonyl (C=O) groups excluding carboxylic acids is 3.